The lowest BCUT2D eigenvalue weighted by molar-refractivity contribution is -0.918. The molecule has 0 spiro atoms. The smallest absolute Gasteiger partial charge is 0.435 e. The molecule has 7 rings (SSSR count). The molecule has 1 aromatic carbocycles. The van der Waals surface area contributed by atoms with Crippen molar-refractivity contribution >= 4 is 41.1 Å². The number of benzene rings is 1. The van der Waals surface area contributed by atoms with Crippen molar-refractivity contribution < 1.29 is 65.5 Å². The molecule has 6 heterocycles. The van der Waals surface area contributed by atoms with Gasteiger partial charge >= 0.3 is 12.3 Å². The summed E-state index contributed by atoms with van der Waals surface area (Å²) in [6.07, 6.45) is 1.48. The van der Waals surface area contributed by atoms with E-state index in [4.69, 9.17) is 16.3 Å². The number of halogens is 5. The molecule has 0 atom stereocenters. The zero-order chi connectivity index (χ0) is 43.1. The SMILES string of the molecule is Cn1c(-c2cn(-c3ncccn3)nc2C(F)(F)F)cnc1C(=O)Nc1ccc(C(=O)N2CCN(C(=O)C3CC[N+](C)(CC4CN(C(=O)OC(C)(C)C)C4)CC3)CC2)c(Cl)c1.[I-]. The molecule has 0 unspecified atom stereocenters. The number of likely N-dealkylation sites (tertiary alicyclic amines) is 2. The van der Waals surface area contributed by atoms with Crippen molar-refractivity contribution in [2.45, 2.75) is 45.4 Å². The molecule has 21 heteroatoms. The van der Waals surface area contributed by atoms with Crippen molar-refractivity contribution in [3.05, 3.63) is 71.2 Å². The molecule has 328 valence electrons. The normalized spacial score (nSPS) is 19.8. The van der Waals surface area contributed by atoms with Crippen molar-refractivity contribution in [3.8, 4) is 17.2 Å². The molecule has 0 aliphatic carbocycles. The highest BCUT2D eigenvalue weighted by molar-refractivity contribution is 6.34. The number of carbonyl (C=O) groups is 4. The number of carbonyl (C=O) groups excluding carboxylic acids is 4. The summed E-state index contributed by atoms with van der Waals surface area (Å²) >= 11 is 6.56. The van der Waals surface area contributed by atoms with Crippen LogP contribution in [0.5, 0.6) is 0 Å². The number of piperazine rings is 1. The summed E-state index contributed by atoms with van der Waals surface area (Å²) in [5.74, 6) is -0.839. The van der Waals surface area contributed by atoms with E-state index >= 15 is 0 Å². The number of hydrogen-bond donors (Lipinski definition) is 1. The van der Waals surface area contributed by atoms with E-state index in [9.17, 15) is 32.3 Å². The fraction of sp³-hybridized carbons (Fsp3) is 0.500. The fourth-order valence-corrected chi connectivity index (χ4v) is 8.33. The van der Waals surface area contributed by atoms with Gasteiger partial charge in [0, 0.05) is 95.3 Å². The number of ether oxygens (including phenoxy) is 1. The Morgan fingerprint density at radius 1 is 0.951 bits per heavy atom. The Kier molecular flexibility index (Phi) is 13.4. The molecule has 0 saturated carbocycles. The van der Waals surface area contributed by atoms with Crippen LogP contribution in [-0.4, -0.2) is 144 Å². The molecule has 3 aliphatic heterocycles. The maximum absolute atomic E-state index is 14.0. The first-order valence-electron chi connectivity index (χ1n) is 19.8. The molecule has 1 N–H and O–H groups in total. The average Bonchev–Trinajstić information content (AvgIpc) is 3.80. The van der Waals surface area contributed by atoms with Crippen molar-refractivity contribution in [2.75, 3.05) is 71.3 Å². The monoisotopic (exact) mass is 981 g/mol. The minimum atomic E-state index is -4.82. The third kappa shape index (κ3) is 10.3. The molecule has 4 amide bonds. The van der Waals surface area contributed by atoms with E-state index in [-0.39, 0.29) is 87.1 Å². The molecule has 3 fully saturated rings. The van der Waals surface area contributed by atoms with Crippen molar-refractivity contribution in [1.29, 1.82) is 0 Å². The summed E-state index contributed by atoms with van der Waals surface area (Å²) in [4.78, 5) is 70.0. The van der Waals surface area contributed by atoms with Gasteiger partial charge in [-0.15, -0.1) is 0 Å². The Balaban J connectivity index is 0.00000622. The first-order chi connectivity index (χ1) is 28.3. The second-order valence-corrected chi connectivity index (χ2v) is 17.4. The standard InChI is InChI=1S/C40H47ClF3N11O5.HI/c1-39(2,3)60-38(59)53-21-25(22-53)24-55(5)17-9-26(10-18-55)35(57)51-13-15-52(16-14-51)36(58)28-8-7-27(19-30(28)41)48-34(56)33-47-20-31(50(33)4)29-23-54(37-45-11-6-12-46-37)49-32(29)40(42,43)44;/h6-8,11-12,19-20,23,25-26H,9-10,13-18,21-22,24H2,1-5H3;1H. The van der Waals surface area contributed by atoms with Gasteiger partial charge in [0.2, 0.25) is 11.9 Å². The van der Waals surface area contributed by atoms with Crippen LogP contribution in [0, 0.1) is 11.8 Å². The van der Waals surface area contributed by atoms with Gasteiger partial charge in [0.1, 0.15) is 5.60 Å². The van der Waals surface area contributed by atoms with Crippen LogP contribution < -0.4 is 29.3 Å². The highest BCUT2D eigenvalue weighted by Gasteiger charge is 2.42. The number of amides is 4. The second kappa shape index (κ2) is 17.9. The van der Waals surface area contributed by atoms with Gasteiger partial charge in [-0.2, -0.15) is 18.3 Å². The van der Waals surface area contributed by atoms with Gasteiger partial charge in [0.25, 0.3) is 11.8 Å². The first-order valence-corrected chi connectivity index (χ1v) is 20.1. The number of rotatable bonds is 8. The number of alkyl halides is 3. The van der Waals surface area contributed by atoms with Crippen LogP contribution in [0.15, 0.2) is 49.1 Å². The lowest BCUT2D eigenvalue weighted by Crippen LogP contribution is -3.00. The molecule has 16 nitrogen and oxygen atoms in total. The van der Waals surface area contributed by atoms with Crippen LogP contribution >= 0.6 is 11.6 Å². The third-order valence-electron chi connectivity index (χ3n) is 11.2. The van der Waals surface area contributed by atoms with E-state index in [0.29, 0.717) is 45.2 Å². The maximum Gasteiger partial charge on any atom is 0.435 e. The van der Waals surface area contributed by atoms with E-state index < -0.39 is 23.4 Å². The van der Waals surface area contributed by atoms with Crippen LogP contribution in [0.25, 0.3) is 17.2 Å². The number of aromatic nitrogens is 6. The number of piperidine rings is 1. The Hall–Kier alpha value is -4.83. The Morgan fingerprint density at radius 3 is 2.20 bits per heavy atom. The molecule has 0 bridgehead atoms. The molecule has 3 saturated heterocycles. The van der Waals surface area contributed by atoms with Crippen LogP contribution in [-0.2, 0) is 22.8 Å². The van der Waals surface area contributed by atoms with Gasteiger partial charge in [-0.3, -0.25) is 14.4 Å². The molecule has 4 aromatic rings. The zero-order valence-electron chi connectivity index (χ0n) is 34.5. The summed E-state index contributed by atoms with van der Waals surface area (Å²) in [6, 6.07) is 5.93. The summed E-state index contributed by atoms with van der Waals surface area (Å²) in [5.41, 5.74) is -1.61. The highest BCUT2D eigenvalue weighted by Crippen LogP contribution is 2.37. The molecule has 0 radical (unpaired) electrons. The fourth-order valence-electron chi connectivity index (χ4n) is 8.07. The second-order valence-electron chi connectivity index (χ2n) is 16.9. The number of anilines is 1. The van der Waals surface area contributed by atoms with Crippen molar-refractivity contribution in [1.82, 2.24) is 44.0 Å². The van der Waals surface area contributed by atoms with Gasteiger partial charge in [0.15, 0.2) is 11.5 Å². The van der Waals surface area contributed by atoms with Crippen LogP contribution in [0.2, 0.25) is 5.02 Å². The number of imidazole rings is 1. The maximum atomic E-state index is 14.0. The van der Waals surface area contributed by atoms with Gasteiger partial charge in [-0.25, -0.2) is 24.4 Å². The van der Waals surface area contributed by atoms with E-state index in [2.05, 4.69) is 32.4 Å². The predicted molar refractivity (Wildman–Crippen MR) is 213 cm³/mol. The van der Waals surface area contributed by atoms with Gasteiger partial charge < -0.3 is 57.8 Å². The molecule has 61 heavy (non-hydrogen) atoms. The van der Waals surface area contributed by atoms with E-state index in [0.717, 1.165) is 54.0 Å². The number of quaternary nitrogens is 1. The Bertz CT molecular complexity index is 2260. The topological polar surface area (TPSA) is 161 Å². The summed E-state index contributed by atoms with van der Waals surface area (Å²) in [5, 5.41) is 6.40. The molecule has 3 aromatic heterocycles. The number of hydrogen-bond acceptors (Lipinski definition) is 9. The number of nitrogens with one attached hydrogen (secondary N) is 1. The highest BCUT2D eigenvalue weighted by atomic mass is 127. The van der Waals surface area contributed by atoms with E-state index in [1.807, 2.05) is 25.7 Å². The lowest BCUT2D eigenvalue weighted by atomic mass is 9.91. The van der Waals surface area contributed by atoms with E-state index in [1.54, 1.807) is 9.80 Å². The lowest BCUT2D eigenvalue weighted by Gasteiger charge is -2.47. The quantitative estimate of drug-likeness (QED) is 0.206. The van der Waals surface area contributed by atoms with Crippen LogP contribution in [0.4, 0.5) is 23.7 Å². The third-order valence-corrected chi connectivity index (χ3v) is 11.5. The van der Waals surface area contributed by atoms with Gasteiger partial charge in [-0.1, -0.05) is 11.6 Å². The summed E-state index contributed by atoms with van der Waals surface area (Å²) in [6.45, 7) is 11.2. The van der Waals surface area contributed by atoms with Crippen LogP contribution in [0.1, 0.15) is 60.3 Å². The van der Waals surface area contributed by atoms with Crippen molar-refractivity contribution in [2.24, 2.45) is 18.9 Å². The molecular formula is C40H48ClF3IN11O5. The summed E-state index contributed by atoms with van der Waals surface area (Å²) < 4.78 is 50.6. The average molecular weight is 982 g/mol. The Labute approximate surface area is 373 Å². The minimum Gasteiger partial charge on any atom is -1.00 e. The van der Waals surface area contributed by atoms with Crippen LogP contribution in [0.3, 0.4) is 0 Å². The first kappa shape index (κ1) is 45.7. The Morgan fingerprint density at radius 2 is 1.59 bits per heavy atom. The van der Waals surface area contributed by atoms with Gasteiger partial charge in [-0.05, 0) is 45.0 Å². The molecular weight excluding hydrogens is 934 g/mol. The summed E-state index contributed by atoms with van der Waals surface area (Å²) in [7, 11) is 3.63. The van der Waals surface area contributed by atoms with Gasteiger partial charge in [0.05, 0.1) is 54.7 Å². The largest absolute Gasteiger partial charge is 1.00 e. The number of nitrogens with zero attached hydrogens (tertiary/aromatic N) is 10. The van der Waals surface area contributed by atoms with Crippen molar-refractivity contribution in [3.63, 3.8) is 0 Å². The minimum absolute atomic E-state index is 0. The van der Waals surface area contributed by atoms with E-state index in [1.165, 1.54) is 48.3 Å². The zero-order valence-corrected chi connectivity index (χ0v) is 37.4. The predicted octanol–water partition coefficient (Wildman–Crippen LogP) is 2.00. The molecule has 3 aliphatic rings.